The second-order valence-electron chi connectivity index (χ2n) is 3.10. The van der Waals surface area contributed by atoms with Crippen molar-refractivity contribution in [1.29, 1.82) is 0 Å². The Bertz CT molecular complexity index is 327. The zero-order valence-electron chi connectivity index (χ0n) is 8.77. The van der Waals surface area contributed by atoms with Gasteiger partial charge >= 0.3 is 5.97 Å². The highest BCUT2D eigenvalue weighted by Crippen LogP contribution is 2.45. The average Bonchev–Trinajstić information content (AvgIpc) is 2.26. The summed E-state index contributed by atoms with van der Waals surface area (Å²) in [6.07, 6.45) is 2.48. The number of rotatable bonds is 5. The zero-order valence-corrected chi connectivity index (χ0v) is 10.4. The predicted molar refractivity (Wildman–Crippen MR) is 67.2 cm³/mol. The first-order chi connectivity index (χ1) is 7.17. The number of hydrogen-bond acceptors (Lipinski definition) is 3. The molecule has 1 atom stereocenters. The number of carboxylic acids is 1. The van der Waals surface area contributed by atoms with Crippen molar-refractivity contribution in [3.05, 3.63) is 35.9 Å². The average molecular weight is 242 g/mol. The minimum absolute atomic E-state index is 0.581. The highest BCUT2D eigenvalue weighted by molar-refractivity contribution is 8.77. The van der Waals surface area contributed by atoms with Gasteiger partial charge in [0.1, 0.15) is 4.75 Å². The Morgan fingerprint density at radius 1 is 1.40 bits per heavy atom. The van der Waals surface area contributed by atoms with Gasteiger partial charge in [0.15, 0.2) is 0 Å². The maximum Gasteiger partial charge on any atom is 0.325 e. The fourth-order valence-electron chi connectivity index (χ4n) is 1.47. The van der Waals surface area contributed by atoms with Gasteiger partial charge in [-0.1, -0.05) is 58.8 Å². The van der Waals surface area contributed by atoms with Crippen LogP contribution in [0.2, 0.25) is 0 Å². The van der Waals surface area contributed by atoms with Crippen LogP contribution in [0.5, 0.6) is 0 Å². The van der Waals surface area contributed by atoms with Crippen molar-refractivity contribution in [3.8, 4) is 0 Å². The predicted octanol–water partition coefficient (Wildman–Crippen LogP) is 3.39. The topological polar surface area (TPSA) is 37.3 Å². The normalized spacial score (nSPS) is 14.5. The van der Waals surface area contributed by atoms with Crippen LogP contribution in [0.25, 0.3) is 0 Å². The quantitative estimate of drug-likeness (QED) is 0.803. The Kier molecular flexibility index (Phi) is 4.54. The summed E-state index contributed by atoms with van der Waals surface area (Å²) >= 11 is 0. The lowest BCUT2D eigenvalue weighted by molar-refractivity contribution is -0.140. The Hall–Kier alpha value is -0.610. The molecule has 0 saturated carbocycles. The van der Waals surface area contributed by atoms with Crippen molar-refractivity contribution in [3.63, 3.8) is 0 Å². The first-order valence-corrected chi connectivity index (χ1v) is 7.24. The molecule has 0 aliphatic carbocycles. The number of aliphatic carboxylic acids is 1. The SMILES string of the molecule is CCC(SSC)(C(=O)O)c1ccccc1. The molecule has 1 aromatic rings. The Morgan fingerprint density at radius 2 is 2.00 bits per heavy atom. The molecule has 0 aromatic heterocycles. The summed E-state index contributed by atoms with van der Waals surface area (Å²) in [5, 5.41) is 9.37. The molecule has 0 radical (unpaired) electrons. The molecular weight excluding hydrogens is 228 g/mol. The van der Waals surface area contributed by atoms with E-state index in [-0.39, 0.29) is 0 Å². The largest absolute Gasteiger partial charge is 0.480 e. The van der Waals surface area contributed by atoms with E-state index in [1.165, 1.54) is 21.6 Å². The van der Waals surface area contributed by atoms with Gasteiger partial charge in [-0.05, 0) is 18.2 Å². The number of benzene rings is 1. The highest BCUT2D eigenvalue weighted by Gasteiger charge is 2.39. The van der Waals surface area contributed by atoms with E-state index in [0.717, 1.165) is 5.56 Å². The Labute approximate surface area is 97.9 Å². The zero-order chi connectivity index (χ0) is 11.3. The summed E-state index contributed by atoms with van der Waals surface area (Å²) < 4.78 is -0.819. The molecule has 1 N–H and O–H groups in total. The summed E-state index contributed by atoms with van der Waals surface area (Å²) in [6, 6.07) is 9.41. The van der Waals surface area contributed by atoms with Crippen molar-refractivity contribution in [2.24, 2.45) is 0 Å². The molecule has 1 unspecified atom stereocenters. The van der Waals surface area contributed by atoms with E-state index in [1.54, 1.807) is 0 Å². The lowest BCUT2D eigenvalue weighted by atomic mass is 9.95. The van der Waals surface area contributed by atoms with Crippen molar-refractivity contribution < 1.29 is 9.90 Å². The van der Waals surface area contributed by atoms with Crippen molar-refractivity contribution >= 4 is 27.6 Å². The van der Waals surface area contributed by atoms with E-state index in [2.05, 4.69) is 0 Å². The smallest absolute Gasteiger partial charge is 0.325 e. The van der Waals surface area contributed by atoms with E-state index in [4.69, 9.17) is 0 Å². The third-order valence-corrected chi connectivity index (χ3v) is 4.81. The van der Waals surface area contributed by atoms with Crippen molar-refractivity contribution in [2.75, 3.05) is 6.26 Å². The highest BCUT2D eigenvalue weighted by atomic mass is 33.1. The van der Waals surface area contributed by atoms with Gasteiger partial charge in [0.05, 0.1) is 0 Å². The van der Waals surface area contributed by atoms with Gasteiger partial charge in [-0.25, -0.2) is 0 Å². The maximum absolute atomic E-state index is 11.4. The number of hydrogen-bond donors (Lipinski definition) is 1. The van der Waals surface area contributed by atoms with E-state index >= 15 is 0 Å². The standard InChI is InChI=1S/C11H14O2S2/c1-3-11(10(12)13,15-14-2)9-7-5-4-6-8-9/h4-8H,3H2,1-2H3,(H,12,13). The minimum Gasteiger partial charge on any atom is -0.480 e. The molecule has 1 aromatic carbocycles. The molecule has 0 amide bonds. The molecule has 0 aliphatic rings. The van der Waals surface area contributed by atoms with Crippen LogP contribution in [-0.4, -0.2) is 17.3 Å². The molecule has 0 bridgehead atoms. The van der Waals surface area contributed by atoms with Crippen LogP contribution in [0, 0.1) is 0 Å². The second kappa shape index (κ2) is 5.47. The first kappa shape index (κ1) is 12.5. The molecule has 0 spiro atoms. The summed E-state index contributed by atoms with van der Waals surface area (Å²) in [6.45, 7) is 1.91. The third-order valence-electron chi connectivity index (χ3n) is 2.31. The summed E-state index contributed by atoms with van der Waals surface area (Å²) in [5.41, 5.74) is 0.861. The van der Waals surface area contributed by atoms with Crippen LogP contribution in [0.15, 0.2) is 30.3 Å². The fraction of sp³-hybridized carbons (Fsp3) is 0.364. The van der Waals surface area contributed by atoms with E-state index in [9.17, 15) is 9.90 Å². The molecule has 0 fully saturated rings. The van der Waals surface area contributed by atoms with E-state index < -0.39 is 10.7 Å². The van der Waals surface area contributed by atoms with Gasteiger partial charge in [-0.15, -0.1) is 0 Å². The van der Waals surface area contributed by atoms with E-state index in [1.807, 2.05) is 43.5 Å². The third kappa shape index (κ3) is 2.49. The van der Waals surface area contributed by atoms with Crippen molar-refractivity contribution in [2.45, 2.75) is 18.1 Å². The van der Waals surface area contributed by atoms with Gasteiger partial charge in [0, 0.05) is 0 Å². The second-order valence-corrected chi connectivity index (χ2v) is 5.80. The summed E-state index contributed by atoms with van der Waals surface area (Å²) in [7, 11) is 2.89. The van der Waals surface area contributed by atoms with Gasteiger partial charge in [0.2, 0.25) is 0 Å². The fourth-order valence-corrected chi connectivity index (χ4v) is 3.89. The molecule has 15 heavy (non-hydrogen) atoms. The summed E-state index contributed by atoms with van der Waals surface area (Å²) in [5.74, 6) is -0.768. The van der Waals surface area contributed by atoms with Crippen LogP contribution in [0.3, 0.4) is 0 Å². The van der Waals surface area contributed by atoms with Crippen LogP contribution in [0.4, 0.5) is 0 Å². The lowest BCUT2D eigenvalue weighted by Gasteiger charge is -2.26. The van der Waals surface area contributed by atoms with Gasteiger partial charge in [-0.2, -0.15) is 0 Å². The minimum atomic E-state index is -0.819. The van der Waals surface area contributed by atoms with Gasteiger partial charge in [0.25, 0.3) is 0 Å². The molecule has 0 aliphatic heterocycles. The maximum atomic E-state index is 11.4. The molecule has 1 rings (SSSR count). The van der Waals surface area contributed by atoms with E-state index in [0.29, 0.717) is 6.42 Å². The van der Waals surface area contributed by atoms with Crippen molar-refractivity contribution in [1.82, 2.24) is 0 Å². The lowest BCUT2D eigenvalue weighted by Crippen LogP contribution is -2.30. The monoisotopic (exact) mass is 242 g/mol. The Morgan fingerprint density at radius 3 is 2.40 bits per heavy atom. The molecule has 0 saturated heterocycles. The van der Waals surface area contributed by atoms with Crippen LogP contribution in [-0.2, 0) is 9.54 Å². The summed E-state index contributed by atoms with van der Waals surface area (Å²) in [4.78, 5) is 11.4. The van der Waals surface area contributed by atoms with Crippen LogP contribution >= 0.6 is 21.6 Å². The number of carbonyl (C=O) groups is 1. The van der Waals surface area contributed by atoms with Gasteiger partial charge < -0.3 is 5.11 Å². The molecular formula is C11H14O2S2. The van der Waals surface area contributed by atoms with Gasteiger partial charge in [-0.3, -0.25) is 4.79 Å². The first-order valence-electron chi connectivity index (χ1n) is 4.68. The molecule has 82 valence electrons. The van der Waals surface area contributed by atoms with Crippen LogP contribution < -0.4 is 0 Å². The van der Waals surface area contributed by atoms with Crippen LogP contribution in [0.1, 0.15) is 18.9 Å². The molecule has 4 heteroatoms. The number of carboxylic acid groups (broad SMARTS) is 1. The molecule has 0 heterocycles. The molecule has 2 nitrogen and oxygen atoms in total. The Balaban J connectivity index is 3.15.